The number of pyridine rings is 1. The van der Waals surface area contributed by atoms with Gasteiger partial charge in [0, 0.05) is 30.1 Å². The third-order valence-corrected chi connectivity index (χ3v) is 3.73. The Balaban J connectivity index is 1.92. The van der Waals surface area contributed by atoms with E-state index in [2.05, 4.69) is 47.6 Å². The van der Waals surface area contributed by atoms with Crippen LogP contribution in [0.4, 0.5) is 5.82 Å². The van der Waals surface area contributed by atoms with Gasteiger partial charge in [-0.05, 0) is 30.4 Å². The van der Waals surface area contributed by atoms with E-state index in [0.29, 0.717) is 0 Å². The van der Waals surface area contributed by atoms with Gasteiger partial charge < -0.3 is 10.4 Å². The van der Waals surface area contributed by atoms with E-state index in [1.165, 1.54) is 16.3 Å². The van der Waals surface area contributed by atoms with Crippen molar-refractivity contribution in [2.75, 3.05) is 11.9 Å². The molecule has 0 spiro atoms. The number of aliphatic hydroxyl groups is 1. The van der Waals surface area contributed by atoms with Gasteiger partial charge in [0.15, 0.2) is 0 Å². The number of hydrogen-bond acceptors (Lipinski definition) is 3. The number of nitrogens with one attached hydrogen (secondary N) is 1. The molecule has 0 aliphatic heterocycles. The summed E-state index contributed by atoms with van der Waals surface area (Å²) in [5.41, 5.74) is 1.23. The van der Waals surface area contributed by atoms with Crippen LogP contribution in [0.15, 0.2) is 42.6 Å². The monoisotopic (exact) mass is 254 g/mol. The van der Waals surface area contributed by atoms with Crippen molar-refractivity contribution in [1.29, 1.82) is 0 Å². The lowest BCUT2D eigenvalue weighted by Crippen LogP contribution is -2.17. The van der Waals surface area contributed by atoms with E-state index in [4.69, 9.17) is 0 Å². The zero-order valence-electron chi connectivity index (χ0n) is 11.0. The van der Waals surface area contributed by atoms with E-state index in [1.807, 2.05) is 12.3 Å². The van der Waals surface area contributed by atoms with E-state index in [1.54, 1.807) is 0 Å². The van der Waals surface area contributed by atoms with Gasteiger partial charge in [0.25, 0.3) is 0 Å². The van der Waals surface area contributed by atoms with E-state index in [9.17, 15) is 5.11 Å². The Kier molecular flexibility index (Phi) is 3.22. The van der Waals surface area contributed by atoms with Crippen LogP contribution in [0.25, 0.3) is 10.8 Å². The Bertz CT molecular complexity index is 616. The van der Waals surface area contributed by atoms with Gasteiger partial charge in [-0.1, -0.05) is 30.4 Å². The Morgan fingerprint density at radius 1 is 1.32 bits per heavy atom. The predicted molar refractivity (Wildman–Crippen MR) is 78.2 cm³/mol. The van der Waals surface area contributed by atoms with Crippen LogP contribution in [0.1, 0.15) is 12.0 Å². The minimum atomic E-state index is 0.219. The summed E-state index contributed by atoms with van der Waals surface area (Å²) in [5.74, 6) is 1.21. The summed E-state index contributed by atoms with van der Waals surface area (Å²) in [6, 6.07) is 8.58. The first-order valence-corrected chi connectivity index (χ1v) is 6.68. The van der Waals surface area contributed by atoms with Crippen LogP contribution in [0.5, 0.6) is 0 Å². The fraction of sp³-hybridized carbons (Fsp3) is 0.312. The molecule has 19 heavy (non-hydrogen) atoms. The van der Waals surface area contributed by atoms with E-state index in [0.717, 1.165) is 12.2 Å². The minimum Gasteiger partial charge on any atom is -0.396 e. The molecule has 1 aliphatic carbocycles. The third-order valence-electron chi connectivity index (χ3n) is 3.73. The van der Waals surface area contributed by atoms with Crippen molar-refractivity contribution >= 4 is 16.6 Å². The molecule has 0 fully saturated rings. The lowest BCUT2D eigenvalue weighted by molar-refractivity contribution is 0.250. The fourth-order valence-corrected chi connectivity index (χ4v) is 2.71. The van der Waals surface area contributed by atoms with Gasteiger partial charge in [-0.3, -0.25) is 0 Å². The van der Waals surface area contributed by atoms with Gasteiger partial charge in [-0.2, -0.15) is 0 Å². The molecule has 1 aromatic heterocycles. The van der Waals surface area contributed by atoms with Gasteiger partial charge in [0.1, 0.15) is 5.82 Å². The largest absolute Gasteiger partial charge is 0.396 e. The highest BCUT2D eigenvalue weighted by Gasteiger charge is 2.19. The van der Waals surface area contributed by atoms with Gasteiger partial charge in [-0.25, -0.2) is 4.98 Å². The van der Waals surface area contributed by atoms with Crippen molar-refractivity contribution in [3.05, 3.63) is 48.2 Å². The topological polar surface area (TPSA) is 45.2 Å². The molecule has 2 N–H and O–H groups in total. The van der Waals surface area contributed by atoms with Crippen LogP contribution in [-0.4, -0.2) is 22.7 Å². The van der Waals surface area contributed by atoms with Gasteiger partial charge in [-0.15, -0.1) is 0 Å². The highest BCUT2D eigenvalue weighted by molar-refractivity contribution is 5.94. The van der Waals surface area contributed by atoms with E-state index in [-0.39, 0.29) is 18.6 Å². The number of anilines is 1. The minimum absolute atomic E-state index is 0.219. The van der Waals surface area contributed by atoms with E-state index >= 15 is 0 Å². The lowest BCUT2D eigenvalue weighted by atomic mass is 10.1. The standard InChI is InChI=1S/C16H18N2O/c1-11-3-2-4-13-7-8-17-16(15(11)13)18-14-6-5-12(9-14)10-19/h2-8,12,14,19H,9-10H2,1H3,(H,17,18)/t12-,14+/m0/s1. The van der Waals surface area contributed by atoms with E-state index < -0.39 is 0 Å². The van der Waals surface area contributed by atoms with Crippen molar-refractivity contribution in [3.63, 3.8) is 0 Å². The molecule has 1 aliphatic rings. The first-order chi connectivity index (χ1) is 9.28. The molecule has 3 heteroatoms. The number of rotatable bonds is 3. The van der Waals surface area contributed by atoms with Crippen LogP contribution in [0.3, 0.4) is 0 Å². The third kappa shape index (κ3) is 2.34. The van der Waals surface area contributed by atoms with Gasteiger partial charge >= 0.3 is 0 Å². The molecule has 0 amide bonds. The van der Waals surface area contributed by atoms with Crippen LogP contribution >= 0.6 is 0 Å². The second-order valence-electron chi connectivity index (χ2n) is 5.15. The summed E-state index contributed by atoms with van der Waals surface area (Å²) < 4.78 is 0. The van der Waals surface area contributed by atoms with Crippen molar-refractivity contribution in [2.24, 2.45) is 5.92 Å². The Morgan fingerprint density at radius 2 is 2.21 bits per heavy atom. The zero-order chi connectivity index (χ0) is 13.2. The summed E-state index contributed by atoms with van der Waals surface area (Å²) in [6.45, 7) is 2.33. The molecular formula is C16H18N2O. The predicted octanol–water partition coefficient (Wildman–Crippen LogP) is 2.89. The fourth-order valence-electron chi connectivity index (χ4n) is 2.71. The lowest BCUT2D eigenvalue weighted by Gasteiger charge is -2.16. The van der Waals surface area contributed by atoms with Crippen LogP contribution in [0, 0.1) is 12.8 Å². The van der Waals surface area contributed by atoms with Crippen molar-refractivity contribution in [1.82, 2.24) is 4.98 Å². The number of aryl methyl sites for hydroxylation is 1. The number of hydrogen-bond donors (Lipinski definition) is 2. The molecule has 3 nitrogen and oxygen atoms in total. The van der Waals surface area contributed by atoms with Gasteiger partial charge in [0.05, 0.1) is 0 Å². The molecule has 0 unspecified atom stereocenters. The maximum atomic E-state index is 9.17. The smallest absolute Gasteiger partial charge is 0.134 e. The maximum Gasteiger partial charge on any atom is 0.134 e. The van der Waals surface area contributed by atoms with Crippen LogP contribution in [-0.2, 0) is 0 Å². The molecule has 0 bridgehead atoms. The number of nitrogens with zero attached hydrogens (tertiary/aromatic N) is 1. The molecule has 0 saturated carbocycles. The van der Waals surface area contributed by atoms with Crippen molar-refractivity contribution in [3.8, 4) is 0 Å². The highest BCUT2D eigenvalue weighted by atomic mass is 16.3. The maximum absolute atomic E-state index is 9.17. The average Bonchev–Trinajstić information content (AvgIpc) is 2.87. The second-order valence-corrected chi connectivity index (χ2v) is 5.15. The first-order valence-electron chi connectivity index (χ1n) is 6.68. The number of aromatic nitrogens is 1. The molecule has 0 radical (unpaired) electrons. The van der Waals surface area contributed by atoms with Crippen molar-refractivity contribution < 1.29 is 5.11 Å². The second kappa shape index (κ2) is 5.02. The Labute approximate surface area is 113 Å². The summed E-state index contributed by atoms with van der Waals surface area (Å²) in [4.78, 5) is 4.47. The number of aliphatic hydroxyl groups excluding tert-OH is 1. The molecule has 1 aromatic carbocycles. The highest BCUT2D eigenvalue weighted by Crippen LogP contribution is 2.27. The Morgan fingerprint density at radius 3 is 3.00 bits per heavy atom. The molecular weight excluding hydrogens is 236 g/mol. The zero-order valence-corrected chi connectivity index (χ0v) is 11.0. The summed E-state index contributed by atoms with van der Waals surface area (Å²) >= 11 is 0. The summed E-state index contributed by atoms with van der Waals surface area (Å²) in [6.07, 6.45) is 6.97. The van der Waals surface area contributed by atoms with Crippen LogP contribution < -0.4 is 5.32 Å². The molecule has 0 saturated heterocycles. The van der Waals surface area contributed by atoms with Gasteiger partial charge in [0.2, 0.25) is 0 Å². The normalized spacial score (nSPS) is 22.0. The summed E-state index contributed by atoms with van der Waals surface area (Å²) in [5, 5.41) is 15.0. The van der Waals surface area contributed by atoms with Crippen molar-refractivity contribution in [2.45, 2.75) is 19.4 Å². The summed E-state index contributed by atoms with van der Waals surface area (Å²) in [7, 11) is 0. The quantitative estimate of drug-likeness (QED) is 0.828. The number of fused-ring (bicyclic) bond motifs is 1. The average molecular weight is 254 g/mol. The first kappa shape index (κ1) is 12.2. The molecule has 98 valence electrons. The van der Waals surface area contributed by atoms with Crippen LogP contribution in [0.2, 0.25) is 0 Å². The SMILES string of the molecule is Cc1cccc2ccnc(N[C@@H]3C=C[C@H](CO)C3)c12. The Hall–Kier alpha value is -1.87. The number of benzene rings is 1. The molecule has 2 atom stereocenters. The molecule has 1 heterocycles. The molecule has 3 rings (SSSR count). The molecule has 2 aromatic rings.